The normalized spacial score (nSPS) is 18.8. The van der Waals surface area contributed by atoms with Crippen molar-refractivity contribution in [3.05, 3.63) is 70.8 Å². The number of rotatable bonds is 3. The molecule has 1 nitrogen and oxygen atoms in total. The summed E-state index contributed by atoms with van der Waals surface area (Å²) in [5.41, 5.74) is 5.28. The fraction of sp³-hybridized carbons (Fsp3) is 0.400. The van der Waals surface area contributed by atoms with E-state index in [-0.39, 0.29) is 11.5 Å². The van der Waals surface area contributed by atoms with E-state index in [1.54, 1.807) is 0 Å². The third-order valence-corrected chi connectivity index (χ3v) is 4.60. The monoisotopic (exact) mass is 280 g/mol. The van der Waals surface area contributed by atoms with Crippen LogP contribution in [-0.4, -0.2) is 5.11 Å². The molecule has 0 saturated heterocycles. The van der Waals surface area contributed by atoms with Gasteiger partial charge in [-0.3, -0.25) is 0 Å². The molecule has 21 heavy (non-hydrogen) atoms. The van der Waals surface area contributed by atoms with E-state index in [0.717, 1.165) is 18.4 Å². The van der Waals surface area contributed by atoms with E-state index < -0.39 is 0 Å². The zero-order chi connectivity index (χ0) is 15.0. The van der Waals surface area contributed by atoms with E-state index >= 15 is 0 Å². The van der Waals surface area contributed by atoms with Gasteiger partial charge in [0.05, 0.1) is 6.10 Å². The molecule has 0 bridgehead atoms. The highest BCUT2D eigenvalue weighted by Gasteiger charge is 2.29. The molecular formula is C20H24O. The van der Waals surface area contributed by atoms with Crippen LogP contribution in [0, 0.1) is 0 Å². The summed E-state index contributed by atoms with van der Waals surface area (Å²) in [7, 11) is 0. The van der Waals surface area contributed by atoms with Gasteiger partial charge in [-0.2, -0.15) is 0 Å². The molecule has 0 aromatic heterocycles. The van der Waals surface area contributed by atoms with E-state index in [1.165, 1.54) is 16.7 Å². The number of aliphatic hydroxyl groups is 1. The topological polar surface area (TPSA) is 20.2 Å². The van der Waals surface area contributed by atoms with Crippen molar-refractivity contribution in [1.82, 2.24) is 0 Å². The summed E-state index contributed by atoms with van der Waals surface area (Å²) in [6, 6.07) is 16.9. The van der Waals surface area contributed by atoms with Crippen LogP contribution in [-0.2, 0) is 11.8 Å². The highest BCUT2D eigenvalue weighted by Crippen LogP contribution is 2.42. The molecule has 0 amide bonds. The number of benzene rings is 2. The van der Waals surface area contributed by atoms with Crippen molar-refractivity contribution in [2.24, 2.45) is 0 Å². The van der Waals surface area contributed by atoms with Crippen LogP contribution in [0.1, 0.15) is 61.5 Å². The van der Waals surface area contributed by atoms with Crippen molar-refractivity contribution in [2.45, 2.75) is 51.0 Å². The highest BCUT2D eigenvalue weighted by atomic mass is 16.3. The Morgan fingerprint density at radius 2 is 1.71 bits per heavy atom. The van der Waals surface area contributed by atoms with Gasteiger partial charge in [-0.25, -0.2) is 0 Å². The molecule has 0 radical (unpaired) electrons. The molecule has 0 spiro atoms. The summed E-state index contributed by atoms with van der Waals surface area (Å²) in [5.74, 6) is 0.504. The van der Waals surface area contributed by atoms with Gasteiger partial charge in [0.25, 0.3) is 0 Å². The summed E-state index contributed by atoms with van der Waals surface area (Å²) in [6.45, 7) is 6.62. The first-order valence-corrected chi connectivity index (χ1v) is 7.82. The highest BCUT2D eigenvalue weighted by molar-refractivity contribution is 5.41. The van der Waals surface area contributed by atoms with Gasteiger partial charge in [0, 0.05) is 0 Å². The Kier molecular flexibility index (Phi) is 3.62. The van der Waals surface area contributed by atoms with Gasteiger partial charge < -0.3 is 5.11 Å². The largest absolute Gasteiger partial charge is 0.388 e. The van der Waals surface area contributed by atoms with Crippen molar-refractivity contribution >= 4 is 0 Å². The minimum atomic E-state index is -0.376. The van der Waals surface area contributed by atoms with Crippen molar-refractivity contribution in [3.63, 3.8) is 0 Å². The van der Waals surface area contributed by atoms with Crippen LogP contribution in [0.25, 0.3) is 0 Å². The summed E-state index contributed by atoms with van der Waals surface area (Å²) >= 11 is 0. The van der Waals surface area contributed by atoms with E-state index in [0.29, 0.717) is 5.92 Å². The first-order chi connectivity index (χ1) is 9.97. The van der Waals surface area contributed by atoms with Crippen LogP contribution in [0.4, 0.5) is 0 Å². The molecule has 2 unspecified atom stereocenters. The standard InChI is InChI=1S/C20H24O/c1-20(2,3)18-11-7-6-10-17(18)19(21)13-15-12-14-8-4-5-9-16(14)15/h4-11,15,19,21H,12-13H2,1-3H3. The zero-order valence-electron chi connectivity index (χ0n) is 13.1. The van der Waals surface area contributed by atoms with E-state index in [1.807, 2.05) is 6.07 Å². The fourth-order valence-electron chi connectivity index (χ4n) is 3.44. The molecule has 3 rings (SSSR count). The van der Waals surface area contributed by atoms with Crippen molar-refractivity contribution < 1.29 is 5.11 Å². The van der Waals surface area contributed by atoms with E-state index in [9.17, 15) is 5.11 Å². The minimum absolute atomic E-state index is 0.0646. The van der Waals surface area contributed by atoms with Crippen LogP contribution in [0.5, 0.6) is 0 Å². The molecule has 0 fully saturated rings. The molecule has 110 valence electrons. The number of fused-ring (bicyclic) bond motifs is 1. The lowest BCUT2D eigenvalue weighted by molar-refractivity contribution is 0.151. The van der Waals surface area contributed by atoms with Gasteiger partial charge in [0.1, 0.15) is 0 Å². The Balaban J connectivity index is 1.80. The van der Waals surface area contributed by atoms with E-state index in [4.69, 9.17) is 0 Å². The Bertz CT molecular complexity index is 636. The maximum atomic E-state index is 10.7. The predicted octanol–water partition coefficient (Wildman–Crippen LogP) is 4.75. The Labute approximate surface area is 127 Å². The summed E-state index contributed by atoms with van der Waals surface area (Å²) in [5, 5.41) is 10.7. The van der Waals surface area contributed by atoms with Gasteiger partial charge in [0.15, 0.2) is 0 Å². The average Bonchev–Trinajstić information content (AvgIpc) is 2.43. The van der Waals surface area contributed by atoms with Crippen LogP contribution in [0.15, 0.2) is 48.5 Å². The Hall–Kier alpha value is -1.60. The van der Waals surface area contributed by atoms with Gasteiger partial charge in [-0.05, 0) is 46.4 Å². The minimum Gasteiger partial charge on any atom is -0.388 e. The second-order valence-corrected chi connectivity index (χ2v) is 7.19. The van der Waals surface area contributed by atoms with Gasteiger partial charge in [-0.1, -0.05) is 69.3 Å². The molecule has 1 N–H and O–H groups in total. The van der Waals surface area contributed by atoms with Crippen LogP contribution in [0.2, 0.25) is 0 Å². The molecule has 2 aromatic rings. The molecule has 0 heterocycles. The fourth-order valence-corrected chi connectivity index (χ4v) is 3.44. The smallest absolute Gasteiger partial charge is 0.0798 e. The third-order valence-electron chi connectivity index (χ3n) is 4.60. The van der Waals surface area contributed by atoms with Gasteiger partial charge >= 0.3 is 0 Å². The van der Waals surface area contributed by atoms with Crippen molar-refractivity contribution in [1.29, 1.82) is 0 Å². The SMILES string of the molecule is CC(C)(C)c1ccccc1C(O)CC1Cc2ccccc21. The molecule has 1 heteroatoms. The lowest BCUT2D eigenvalue weighted by Crippen LogP contribution is -2.21. The maximum absolute atomic E-state index is 10.7. The first-order valence-electron chi connectivity index (χ1n) is 7.82. The first kappa shape index (κ1) is 14.3. The zero-order valence-corrected chi connectivity index (χ0v) is 13.1. The van der Waals surface area contributed by atoms with Gasteiger partial charge in [0.2, 0.25) is 0 Å². The van der Waals surface area contributed by atoms with Crippen LogP contribution < -0.4 is 0 Å². The second kappa shape index (κ2) is 5.31. The molecule has 2 aromatic carbocycles. The van der Waals surface area contributed by atoms with E-state index in [2.05, 4.69) is 63.2 Å². The van der Waals surface area contributed by atoms with Gasteiger partial charge in [-0.15, -0.1) is 0 Å². The number of aliphatic hydroxyl groups excluding tert-OH is 1. The predicted molar refractivity (Wildman–Crippen MR) is 87.6 cm³/mol. The Morgan fingerprint density at radius 3 is 2.43 bits per heavy atom. The summed E-state index contributed by atoms with van der Waals surface area (Å²) < 4.78 is 0. The molecule has 0 saturated carbocycles. The number of hydrogen-bond acceptors (Lipinski definition) is 1. The lowest BCUT2D eigenvalue weighted by Gasteiger charge is -2.33. The number of hydrogen-bond donors (Lipinski definition) is 1. The van der Waals surface area contributed by atoms with Crippen molar-refractivity contribution in [3.8, 4) is 0 Å². The average molecular weight is 280 g/mol. The van der Waals surface area contributed by atoms with Crippen LogP contribution in [0.3, 0.4) is 0 Å². The molecular weight excluding hydrogens is 256 g/mol. The van der Waals surface area contributed by atoms with Crippen LogP contribution >= 0.6 is 0 Å². The maximum Gasteiger partial charge on any atom is 0.0798 e. The second-order valence-electron chi connectivity index (χ2n) is 7.19. The van der Waals surface area contributed by atoms with Crippen molar-refractivity contribution in [2.75, 3.05) is 0 Å². The third kappa shape index (κ3) is 2.75. The molecule has 0 aliphatic heterocycles. The quantitative estimate of drug-likeness (QED) is 0.860. The molecule has 1 aliphatic rings. The summed E-state index contributed by atoms with van der Waals surface area (Å²) in [4.78, 5) is 0. The molecule has 2 atom stereocenters. The summed E-state index contributed by atoms with van der Waals surface area (Å²) in [6.07, 6.45) is 1.55. The Morgan fingerprint density at radius 1 is 1.05 bits per heavy atom. The molecule has 1 aliphatic carbocycles. The lowest BCUT2D eigenvalue weighted by atomic mass is 9.73.